The van der Waals surface area contributed by atoms with Crippen LogP contribution in [0.2, 0.25) is 0 Å². The van der Waals surface area contributed by atoms with Crippen LogP contribution in [-0.2, 0) is 20.7 Å². The molecule has 3 aromatic rings. The topological polar surface area (TPSA) is 85.4 Å². The van der Waals surface area contributed by atoms with Crippen molar-refractivity contribution in [1.82, 2.24) is 4.98 Å². The molecular formula is C20H18N2O4S2. The van der Waals surface area contributed by atoms with Gasteiger partial charge in [0.2, 0.25) is 0 Å². The summed E-state index contributed by atoms with van der Waals surface area (Å²) >= 11 is 3.05. The van der Waals surface area contributed by atoms with Gasteiger partial charge >= 0.3 is 5.97 Å². The summed E-state index contributed by atoms with van der Waals surface area (Å²) in [6.45, 7) is 2.95. The number of Topliss-reactive ketones (excluding diaryl/α,β-unsaturated/α-hetero) is 1. The number of carbonyl (C=O) groups excluding carboxylic acids is 3. The zero-order valence-corrected chi connectivity index (χ0v) is 16.9. The van der Waals surface area contributed by atoms with E-state index in [0.29, 0.717) is 16.9 Å². The summed E-state index contributed by atoms with van der Waals surface area (Å²) in [7, 11) is 0. The molecule has 28 heavy (non-hydrogen) atoms. The number of hydrogen-bond donors (Lipinski definition) is 1. The molecule has 0 spiro atoms. The highest BCUT2D eigenvalue weighted by atomic mass is 32.1. The van der Waals surface area contributed by atoms with E-state index in [9.17, 15) is 14.4 Å². The highest BCUT2D eigenvalue weighted by Gasteiger charge is 2.19. The van der Waals surface area contributed by atoms with Crippen molar-refractivity contribution < 1.29 is 19.1 Å². The van der Waals surface area contributed by atoms with Crippen LogP contribution in [0.4, 0.5) is 5.69 Å². The molecule has 0 saturated heterocycles. The molecule has 0 fully saturated rings. The first-order valence-corrected chi connectivity index (χ1v) is 10.3. The Bertz CT molecular complexity index is 995. The first-order valence-electron chi connectivity index (χ1n) is 8.52. The maximum Gasteiger partial charge on any atom is 0.312 e. The van der Waals surface area contributed by atoms with Crippen LogP contribution in [0.3, 0.4) is 0 Å². The van der Waals surface area contributed by atoms with Crippen molar-refractivity contribution in [2.75, 3.05) is 5.32 Å². The van der Waals surface area contributed by atoms with Gasteiger partial charge in [0.25, 0.3) is 5.91 Å². The molecule has 144 valence electrons. The van der Waals surface area contributed by atoms with E-state index < -0.39 is 18.0 Å². The minimum atomic E-state index is -0.969. The number of anilines is 1. The Morgan fingerprint density at radius 2 is 2.00 bits per heavy atom. The predicted octanol–water partition coefficient (Wildman–Crippen LogP) is 4.19. The average molecular weight is 415 g/mol. The molecule has 0 radical (unpaired) electrons. The number of ketones is 1. The van der Waals surface area contributed by atoms with Crippen LogP contribution >= 0.6 is 22.7 Å². The van der Waals surface area contributed by atoms with E-state index in [2.05, 4.69) is 10.3 Å². The number of esters is 1. The largest absolute Gasteiger partial charge is 0.452 e. The minimum absolute atomic E-state index is 0.000678. The first-order chi connectivity index (χ1) is 13.4. The average Bonchev–Trinajstić information content (AvgIpc) is 3.33. The lowest BCUT2D eigenvalue weighted by molar-refractivity contribution is -0.152. The normalized spacial score (nSPS) is 11.6. The SMILES string of the molecule is CC(=O)c1cccc(NC(=O)C(C)OC(=O)Cc2csc(-c3cccs3)n2)c1. The molecule has 8 heteroatoms. The summed E-state index contributed by atoms with van der Waals surface area (Å²) in [5.41, 5.74) is 1.58. The predicted molar refractivity (Wildman–Crippen MR) is 110 cm³/mol. The molecule has 1 amide bonds. The van der Waals surface area contributed by atoms with Crippen molar-refractivity contribution in [3.63, 3.8) is 0 Å². The molecule has 0 bridgehead atoms. The standard InChI is InChI=1S/C20H18N2O4S2/c1-12(23)14-5-3-6-15(9-14)21-19(25)13(2)26-18(24)10-16-11-28-20(22-16)17-7-4-8-27-17/h3-9,11,13H,10H2,1-2H3,(H,21,25). The van der Waals surface area contributed by atoms with E-state index in [4.69, 9.17) is 4.74 Å². The summed E-state index contributed by atoms with van der Waals surface area (Å²) in [5.74, 6) is -1.09. The second-order valence-electron chi connectivity index (χ2n) is 6.06. The van der Waals surface area contributed by atoms with Gasteiger partial charge in [-0.1, -0.05) is 18.2 Å². The summed E-state index contributed by atoms with van der Waals surface area (Å²) in [5, 5.41) is 7.29. The lowest BCUT2D eigenvalue weighted by Crippen LogP contribution is -2.30. The number of nitrogens with one attached hydrogen (secondary N) is 1. The highest BCUT2D eigenvalue weighted by Crippen LogP contribution is 2.28. The number of carbonyl (C=O) groups is 3. The van der Waals surface area contributed by atoms with Crippen molar-refractivity contribution in [3.05, 3.63) is 58.4 Å². The van der Waals surface area contributed by atoms with Crippen LogP contribution in [0.15, 0.2) is 47.2 Å². The Morgan fingerprint density at radius 1 is 1.18 bits per heavy atom. The summed E-state index contributed by atoms with van der Waals surface area (Å²) < 4.78 is 5.22. The third-order valence-corrected chi connectivity index (χ3v) is 5.75. The third-order valence-electron chi connectivity index (χ3n) is 3.82. The van der Waals surface area contributed by atoms with Gasteiger partial charge in [-0.25, -0.2) is 4.98 Å². The Kier molecular flexibility index (Phi) is 6.33. The maximum atomic E-state index is 12.3. The van der Waals surface area contributed by atoms with Crippen molar-refractivity contribution >= 4 is 46.0 Å². The second-order valence-corrected chi connectivity index (χ2v) is 7.86. The van der Waals surface area contributed by atoms with Crippen LogP contribution in [0.25, 0.3) is 9.88 Å². The molecule has 1 atom stereocenters. The van der Waals surface area contributed by atoms with Crippen molar-refractivity contribution in [2.24, 2.45) is 0 Å². The van der Waals surface area contributed by atoms with Crippen molar-refractivity contribution in [3.8, 4) is 9.88 Å². The van der Waals surface area contributed by atoms with Gasteiger partial charge in [-0.3, -0.25) is 14.4 Å². The molecule has 3 rings (SSSR count). The maximum absolute atomic E-state index is 12.3. The van der Waals surface area contributed by atoms with Crippen LogP contribution in [0.5, 0.6) is 0 Å². The van der Waals surface area contributed by atoms with Crippen LogP contribution in [0, 0.1) is 0 Å². The molecule has 2 heterocycles. The van der Waals surface area contributed by atoms with Gasteiger partial charge in [-0.05, 0) is 37.4 Å². The van der Waals surface area contributed by atoms with Crippen LogP contribution < -0.4 is 5.32 Å². The number of thiophene rings is 1. The Labute approximate surface area is 170 Å². The van der Waals surface area contributed by atoms with E-state index in [1.54, 1.807) is 35.6 Å². The Hall–Kier alpha value is -2.84. The number of amides is 1. The second kappa shape index (κ2) is 8.90. The van der Waals surface area contributed by atoms with E-state index in [1.807, 2.05) is 22.9 Å². The Morgan fingerprint density at radius 3 is 2.71 bits per heavy atom. The number of ether oxygens (including phenoxy) is 1. The molecule has 1 aromatic carbocycles. The third kappa shape index (κ3) is 5.11. The number of benzene rings is 1. The zero-order valence-electron chi connectivity index (χ0n) is 15.3. The van der Waals surface area contributed by atoms with Gasteiger partial charge in [0.15, 0.2) is 11.9 Å². The molecule has 0 saturated carbocycles. The fourth-order valence-corrected chi connectivity index (χ4v) is 4.04. The van der Waals surface area contributed by atoms with E-state index in [0.717, 1.165) is 9.88 Å². The smallest absolute Gasteiger partial charge is 0.312 e. The van der Waals surface area contributed by atoms with E-state index in [1.165, 1.54) is 25.2 Å². The number of nitrogens with zero attached hydrogens (tertiary/aromatic N) is 1. The number of aromatic nitrogens is 1. The lowest BCUT2D eigenvalue weighted by Gasteiger charge is -2.13. The number of hydrogen-bond acceptors (Lipinski definition) is 7. The molecule has 0 aliphatic heterocycles. The van der Waals surface area contributed by atoms with Crippen molar-refractivity contribution in [1.29, 1.82) is 0 Å². The minimum Gasteiger partial charge on any atom is -0.452 e. The molecule has 0 aliphatic rings. The molecule has 2 aromatic heterocycles. The van der Waals surface area contributed by atoms with Crippen LogP contribution in [0.1, 0.15) is 29.9 Å². The van der Waals surface area contributed by atoms with Gasteiger partial charge in [0.1, 0.15) is 5.01 Å². The summed E-state index contributed by atoms with van der Waals surface area (Å²) in [4.78, 5) is 41.3. The van der Waals surface area contributed by atoms with Crippen molar-refractivity contribution in [2.45, 2.75) is 26.4 Å². The number of rotatable bonds is 7. The molecular weight excluding hydrogens is 396 g/mol. The molecule has 6 nitrogen and oxygen atoms in total. The van der Waals surface area contributed by atoms with Gasteiger partial charge in [-0.2, -0.15) is 0 Å². The monoisotopic (exact) mass is 414 g/mol. The summed E-state index contributed by atoms with van der Waals surface area (Å²) in [6.07, 6.45) is -0.969. The van der Waals surface area contributed by atoms with E-state index in [-0.39, 0.29) is 12.2 Å². The fraction of sp³-hybridized carbons (Fsp3) is 0.200. The lowest BCUT2D eigenvalue weighted by atomic mass is 10.1. The van der Waals surface area contributed by atoms with Gasteiger partial charge in [-0.15, -0.1) is 22.7 Å². The van der Waals surface area contributed by atoms with Gasteiger partial charge in [0.05, 0.1) is 17.0 Å². The molecule has 1 unspecified atom stereocenters. The van der Waals surface area contributed by atoms with E-state index >= 15 is 0 Å². The fourth-order valence-electron chi connectivity index (χ4n) is 2.40. The zero-order chi connectivity index (χ0) is 20.1. The van der Waals surface area contributed by atoms with Crippen LogP contribution in [-0.4, -0.2) is 28.7 Å². The molecule has 1 N–H and O–H groups in total. The van der Waals surface area contributed by atoms with Gasteiger partial charge in [0, 0.05) is 16.6 Å². The molecule has 0 aliphatic carbocycles. The van der Waals surface area contributed by atoms with Gasteiger partial charge < -0.3 is 10.1 Å². The first kappa shape index (κ1) is 19.9. The highest BCUT2D eigenvalue weighted by molar-refractivity contribution is 7.20. The Balaban J connectivity index is 1.54. The quantitative estimate of drug-likeness (QED) is 0.463. The summed E-state index contributed by atoms with van der Waals surface area (Å²) in [6, 6.07) is 10.5. The number of thiazole rings is 1.